The van der Waals surface area contributed by atoms with Crippen LogP contribution in [-0.4, -0.2) is 25.8 Å². The zero-order chi connectivity index (χ0) is 14.9. The minimum absolute atomic E-state index is 0.347. The summed E-state index contributed by atoms with van der Waals surface area (Å²) in [7, 11) is -3.39. The van der Waals surface area contributed by atoms with Gasteiger partial charge in [-0.2, -0.15) is 4.31 Å². The van der Waals surface area contributed by atoms with Crippen LogP contribution in [0.4, 0.5) is 0 Å². The molecule has 112 valence electrons. The van der Waals surface area contributed by atoms with E-state index in [2.05, 4.69) is 13.8 Å². The van der Waals surface area contributed by atoms with Crippen LogP contribution in [0.2, 0.25) is 0 Å². The predicted molar refractivity (Wildman–Crippen MR) is 82.5 cm³/mol. The molecule has 1 saturated heterocycles. The van der Waals surface area contributed by atoms with Gasteiger partial charge < -0.3 is 0 Å². The molecule has 0 aliphatic carbocycles. The van der Waals surface area contributed by atoms with Gasteiger partial charge in [0.2, 0.25) is 10.0 Å². The van der Waals surface area contributed by atoms with Crippen LogP contribution in [0.3, 0.4) is 0 Å². The van der Waals surface area contributed by atoms with Crippen molar-refractivity contribution < 1.29 is 8.42 Å². The highest BCUT2D eigenvalue weighted by Gasteiger charge is 2.35. The Balaban J connectivity index is 2.35. The van der Waals surface area contributed by atoms with E-state index in [1.165, 1.54) is 0 Å². The van der Waals surface area contributed by atoms with Gasteiger partial charge in [0.05, 0.1) is 4.90 Å². The van der Waals surface area contributed by atoms with E-state index in [4.69, 9.17) is 11.6 Å². The van der Waals surface area contributed by atoms with Crippen molar-refractivity contribution in [3.8, 4) is 0 Å². The van der Waals surface area contributed by atoms with E-state index in [0.29, 0.717) is 35.7 Å². The zero-order valence-electron chi connectivity index (χ0n) is 12.3. The van der Waals surface area contributed by atoms with Crippen molar-refractivity contribution >= 4 is 21.6 Å². The molecule has 0 aromatic heterocycles. The first kappa shape index (κ1) is 15.8. The SMILES string of the molecule is CCc1ccc(S(=O)(=O)N2CC(C)C(C)C2)cc1CCl. The molecule has 1 fully saturated rings. The predicted octanol–water partition coefficient (Wildman–Crippen LogP) is 3.26. The molecule has 20 heavy (non-hydrogen) atoms. The Bertz CT molecular complexity index is 576. The van der Waals surface area contributed by atoms with Crippen LogP contribution < -0.4 is 0 Å². The molecule has 1 heterocycles. The van der Waals surface area contributed by atoms with Crippen LogP contribution in [0.25, 0.3) is 0 Å². The normalized spacial score (nSPS) is 24.2. The number of nitrogens with zero attached hydrogens (tertiary/aromatic N) is 1. The van der Waals surface area contributed by atoms with Crippen LogP contribution in [0, 0.1) is 11.8 Å². The van der Waals surface area contributed by atoms with E-state index in [0.717, 1.165) is 17.5 Å². The molecule has 1 aromatic rings. The minimum atomic E-state index is -3.39. The average Bonchev–Trinajstić information content (AvgIpc) is 2.78. The molecule has 1 aliphatic rings. The summed E-state index contributed by atoms with van der Waals surface area (Å²) in [5, 5.41) is 0. The van der Waals surface area contributed by atoms with E-state index in [9.17, 15) is 8.42 Å². The molecule has 0 spiro atoms. The summed E-state index contributed by atoms with van der Waals surface area (Å²) < 4.78 is 27.0. The maximum absolute atomic E-state index is 12.7. The third-order valence-electron chi connectivity index (χ3n) is 4.30. The summed E-state index contributed by atoms with van der Waals surface area (Å²) in [5.41, 5.74) is 2.03. The fourth-order valence-corrected chi connectivity index (χ4v) is 4.60. The number of hydrogen-bond donors (Lipinski definition) is 0. The molecule has 5 heteroatoms. The van der Waals surface area contributed by atoms with Gasteiger partial charge in [-0.15, -0.1) is 11.6 Å². The van der Waals surface area contributed by atoms with Gasteiger partial charge >= 0.3 is 0 Å². The summed E-state index contributed by atoms with van der Waals surface area (Å²) in [6, 6.07) is 5.32. The van der Waals surface area contributed by atoms with Crippen LogP contribution in [0.1, 0.15) is 31.9 Å². The number of alkyl halides is 1. The van der Waals surface area contributed by atoms with Gasteiger partial charge in [-0.1, -0.05) is 26.8 Å². The molecule has 2 unspecified atom stereocenters. The average molecular weight is 316 g/mol. The number of benzene rings is 1. The smallest absolute Gasteiger partial charge is 0.207 e. The summed E-state index contributed by atoms with van der Waals surface area (Å²) in [6.07, 6.45) is 0.861. The summed E-state index contributed by atoms with van der Waals surface area (Å²) >= 11 is 5.93. The molecular formula is C15H22ClNO2S. The highest BCUT2D eigenvalue weighted by atomic mass is 35.5. The maximum Gasteiger partial charge on any atom is 0.243 e. The Kier molecular flexibility index (Phi) is 4.77. The Hall–Kier alpha value is -0.580. The van der Waals surface area contributed by atoms with Crippen LogP contribution >= 0.6 is 11.6 Å². The van der Waals surface area contributed by atoms with Gasteiger partial charge in [-0.25, -0.2) is 8.42 Å². The number of halogens is 1. The van der Waals surface area contributed by atoms with Crippen LogP contribution in [-0.2, 0) is 22.3 Å². The molecule has 3 nitrogen and oxygen atoms in total. The van der Waals surface area contributed by atoms with Crippen LogP contribution in [0.15, 0.2) is 23.1 Å². The third kappa shape index (κ3) is 2.87. The molecule has 0 N–H and O–H groups in total. The first-order valence-corrected chi connectivity index (χ1v) is 9.05. The lowest BCUT2D eigenvalue weighted by Gasteiger charge is -2.17. The van der Waals surface area contributed by atoms with Gasteiger partial charge in [0.15, 0.2) is 0 Å². The maximum atomic E-state index is 12.7. The van der Waals surface area contributed by atoms with Crippen molar-refractivity contribution in [1.29, 1.82) is 0 Å². The lowest BCUT2D eigenvalue weighted by atomic mass is 10.0. The Morgan fingerprint density at radius 1 is 1.20 bits per heavy atom. The number of hydrogen-bond acceptors (Lipinski definition) is 2. The minimum Gasteiger partial charge on any atom is -0.207 e. The molecule has 1 aliphatic heterocycles. The lowest BCUT2D eigenvalue weighted by Crippen LogP contribution is -2.29. The summed E-state index contributed by atoms with van der Waals surface area (Å²) in [6.45, 7) is 7.46. The van der Waals surface area contributed by atoms with Gasteiger partial charge in [-0.05, 0) is 41.5 Å². The van der Waals surface area contributed by atoms with Crippen molar-refractivity contribution in [1.82, 2.24) is 4.31 Å². The summed E-state index contributed by atoms with van der Waals surface area (Å²) in [5.74, 6) is 1.17. The molecule has 2 atom stereocenters. The van der Waals surface area contributed by atoms with Crippen molar-refractivity contribution in [2.24, 2.45) is 11.8 Å². The quantitative estimate of drug-likeness (QED) is 0.800. The zero-order valence-corrected chi connectivity index (χ0v) is 13.8. The fourth-order valence-electron chi connectivity index (χ4n) is 2.65. The molecule has 2 rings (SSSR count). The lowest BCUT2D eigenvalue weighted by molar-refractivity contribution is 0.463. The van der Waals surface area contributed by atoms with E-state index >= 15 is 0 Å². The second kappa shape index (κ2) is 6.04. The monoisotopic (exact) mass is 315 g/mol. The number of rotatable bonds is 4. The highest BCUT2D eigenvalue weighted by molar-refractivity contribution is 7.89. The first-order valence-electron chi connectivity index (χ1n) is 7.08. The Morgan fingerprint density at radius 3 is 2.30 bits per heavy atom. The molecule has 1 aromatic carbocycles. The highest BCUT2D eigenvalue weighted by Crippen LogP contribution is 2.29. The number of aryl methyl sites for hydroxylation is 1. The second-order valence-corrected chi connectivity index (χ2v) is 7.90. The van der Waals surface area contributed by atoms with E-state index in [1.54, 1.807) is 16.4 Å². The third-order valence-corrected chi connectivity index (χ3v) is 6.41. The van der Waals surface area contributed by atoms with E-state index in [1.807, 2.05) is 13.0 Å². The second-order valence-electron chi connectivity index (χ2n) is 5.69. The van der Waals surface area contributed by atoms with Gasteiger partial charge in [0.1, 0.15) is 0 Å². The van der Waals surface area contributed by atoms with E-state index in [-0.39, 0.29) is 0 Å². The standard InChI is InChI=1S/C15H22ClNO2S/c1-4-13-5-6-15(7-14(13)8-16)20(18,19)17-9-11(2)12(3)10-17/h5-7,11-12H,4,8-10H2,1-3H3. The topological polar surface area (TPSA) is 37.4 Å². The largest absolute Gasteiger partial charge is 0.243 e. The van der Waals surface area contributed by atoms with E-state index < -0.39 is 10.0 Å². The fraction of sp³-hybridized carbons (Fsp3) is 0.600. The number of sulfonamides is 1. The molecule has 0 amide bonds. The van der Waals surface area contributed by atoms with Gasteiger partial charge in [-0.3, -0.25) is 0 Å². The first-order chi connectivity index (χ1) is 9.40. The summed E-state index contributed by atoms with van der Waals surface area (Å²) in [4.78, 5) is 0.367. The van der Waals surface area contributed by atoms with Crippen LogP contribution in [0.5, 0.6) is 0 Å². The Labute approximate surface area is 127 Å². The Morgan fingerprint density at radius 2 is 1.80 bits per heavy atom. The van der Waals surface area contributed by atoms with Gasteiger partial charge in [0.25, 0.3) is 0 Å². The molecule has 0 radical (unpaired) electrons. The van der Waals surface area contributed by atoms with Crippen molar-refractivity contribution in [2.75, 3.05) is 13.1 Å². The molecule has 0 bridgehead atoms. The molecule has 0 saturated carbocycles. The van der Waals surface area contributed by atoms with Crippen molar-refractivity contribution in [3.05, 3.63) is 29.3 Å². The van der Waals surface area contributed by atoms with Gasteiger partial charge in [0, 0.05) is 19.0 Å². The molecular weight excluding hydrogens is 294 g/mol. The van der Waals surface area contributed by atoms with Crippen molar-refractivity contribution in [3.63, 3.8) is 0 Å². The van der Waals surface area contributed by atoms with Crippen molar-refractivity contribution in [2.45, 2.75) is 38.0 Å².